The van der Waals surface area contributed by atoms with Gasteiger partial charge in [0.25, 0.3) is 0 Å². The number of hydrogen-bond donors (Lipinski definition) is 1. The van der Waals surface area contributed by atoms with Crippen molar-refractivity contribution >= 4 is 22.8 Å². The van der Waals surface area contributed by atoms with E-state index in [-0.39, 0.29) is 5.78 Å². The Bertz CT molecular complexity index is 848. The van der Waals surface area contributed by atoms with Crippen LogP contribution in [0.2, 0.25) is 0 Å². The fourth-order valence-electron chi connectivity index (χ4n) is 2.45. The van der Waals surface area contributed by atoms with Crippen molar-refractivity contribution in [3.05, 3.63) is 65.6 Å². The van der Waals surface area contributed by atoms with Crippen LogP contribution in [0.1, 0.15) is 21.6 Å². The predicted molar refractivity (Wildman–Crippen MR) is 87.2 cm³/mol. The lowest BCUT2D eigenvalue weighted by atomic mass is 10.1. The molecule has 22 heavy (non-hydrogen) atoms. The van der Waals surface area contributed by atoms with Crippen LogP contribution in [0.3, 0.4) is 0 Å². The summed E-state index contributed by atoms with van der Waals surface area (Å²) in [5.41, 5.74) is 3.65. The third-order valence-corrected chi connectivity index (χ3v) is 3.61. The maximum absolute atomic E-state index is 12.1. The van der Waals surface area contributed by atoms with Gasteiger partial charge in [0.2, 0.25) is 0 Å². The molecule has 0 bridgehead atoms. The molecule has 0 spiro atoms. The van der Waals surface area contributed by atoms with Crippen LogP contribution in [0.4, 0.5) is 0 Å². The number of benzene rings is 1. The number of aryl methyl sites for hydroxylation is 1. The second-order valence-corrected chi connectivity index (χ2v) is 5.01. The van der Waals surface area contributed by atoms with Gasteiger partial charge >= 0.3 is 0 Å². The highest BCUT2D eigenvalue weighted by Crippen LogP contribution is 2.27. The zero-order valence-corrected chi connectivity index (χ0v) is 12.5. The van der Waals surface area contributed by atoms with Gasteiger partial charge in [-0.15, -0.1) is 0 Å². The number of methoxy groups -OCH3 is 1. The molecule has 0 aliphatic carbocycles. The zero-order valence-electron chi connectivity index (χ0n) is 12.5. The molecule has 4 nitrogen and oxygen atoms in total. The summed E-state index contributed by atoms with van der Waals surface area (Å²) in [5, 5.41) is 1.07. The average Bonchev–Trinajstić information content (AvgIpc) is 2.87. The van der Waals surface area contributed by atoms with Crippen molar-refractivity contribution in [2.75, 3.05) is 7.11 Å². The molecule has 4 heteroatoms. The number of carbonyl (C=O) groups excluding carboxylic acids is 1. The molecule has 3 aromatic rings. The monoisotopic (exact) mass is 292 g/mol. The summed E-state index contributed by atoms with van der Waals surface area (Å²) in [6.07, 6.45) is 6.67. The molecular weight excluding hydrogens is 276 g/mol. The number of pyridine rings is 1. The number of nitrogens with zero attached hydrogens (tertiary/aromatic N) is 1. The van der Waals surface area contributed by atoms with Gasteiger partial charge in [-0.2, -0.15) is 0 Å². The molecular formula is C18H16N2O2. The Labute approximate surface area is 128 Å². The van der Waals surface area contributed by atoms with Gasteiger partial charge in [-0.25, -0.2) is 0 Å². The van der Waals surface area contributed by atoms with Gasteiger partial charge < -0.3 is 9.72 Å². The molecule has 0 saturated heterocycles. The number of nitrogens with one attached hydrogen (secondary N) is 1. The topological polar surface area (TPSA) is 55.0 Å². The number of allylic oxidation sites excluding steroid dienone is 1. The zero-order chi connectivity index (χ0) is 15.5. The Morgan fingerprint density at radius 3 is 2.73 bits per heavy atom. The molecule has 0 saturated carbocycles. The first-order valence-electron chi connectivity index (χ1n) is 6.98. The number of aromatic amines is 1. The summed E-state index contributed by atoms with van der Waals surface area (Å²) >= 11 is 0. The summed E-state index contributed by atoms with van der Waals surface area (Å²) in [7, 11) is 1.64. The van der Waals surface area contributed by atoms with Gasteiger partial charge in [-0.05, 0) is 43.3 Å². The molecule has 1 aromatic carbocycles. The van der Waals surface area contributed by atoms with Crippen molar-refractivity contribution in [1.82, 2.24) is 9.97 Å². The number of rotatable bonds is 4. The molecule has 2 heterocycles. The Morgan fingerprint density at radius 2 is 2.00 bits per heavy atom. The SMILES string of the molecule is COc1ccc2c(C=CC(=O)c3ccncc3)c(C)[nH]c2c1. The maximum Gasteiger partial charge on any atom is 0.185 e. The summed E-state index contributed by atoms with van der Waals surface area (Å²) in [5.74, 6) is 0.766. The Morgan fingerprint density at radius 1 is 1.23 bits per heavy atom. The third kappa shape index (κ3) is 2.63. The molecule has 0 fully saturated rings. The van der Waals surface area contributed by atoms with Crippen LogP contribution in [0, 0.1) is 6.92 Å². The molecule has 110 valence electrons. The van der Waals surface area contributed by atoms with Gasteiger partial charge in [0, 0.05) is 46.2 Å². The van der Waals surface area contributed by atoms with Gasteiger partial charge in [-0.1, -0.05) is 0 Å². The van der Waals surface area contributed by atoms with E-state index in [1.807, 2.05) is 31.2 Å². The lowest BCUT2D eigenvalue weighted by molar-refractivity contribution is 0.104. The highest BCUT2D eigenvalue weighted by atomic mass is 16.5. The minimum absolute atomic E-state index is 0.0374. The van der Waals surface area contributed by atoms with Crippen LogP contribution < -0.4 is 4.74 Å². The van der Waals surface area contributed by atoms with E-state index >= 15 is 0 Å². The van der Waals surface area contributed by atoms with Crippen molar-refractivity contribution in [1.29, 1.82) is 0 Å². The molecule has 0 aliphatic rings. The molecule has 0 unspecified atom stereocenters. The van der Waals surface area contributed by atoms with Crippen molar-refractivity contribution in [3.63, 3.8) is 0 Å². The first-order chi connectivity index (χ1) is 10.7. The molecule has 1 N–H and O–H groups in total. The van der Waals surface area contributed by atoms with Gasteiger partial charge in [-0.3, -0.25) is 9.78 Å². The van der Waals surface area contributed by atoms with Gasteiger partial charge in [0.1, 0.15) is 5.75 Å². The van der Waals surface area contributed by atoms with Crippen LogP contribution in [-0.2, 0) is 0 Å². The van der Waals surface area contributed by atoms with E-state index in [2.05, 4.69) is 9.97 Å². The average molecular weight is 292 g/mol. The largest absolute Gasteiger partial charge is 0.497 e. The molecule has 0 aliphatic heterocycles. The van der Waals surface area contributed by atoms with E-state index in [0.717, 1.165) is 27.9 Å². The summed E-state index contributed by atoms with van der Waals surface area (Å²) < 4.78 is 5.23. The van der Waals surface area contributed by atoms with Gasteiger partial charge in [0.15, 0.2) is 5.78 Å². The maximum atomic E-state index is 12.1. The predicted octanol–water partition coefficient (Wildman–Crippen LogP) is 3.78. The van der Waals surface area contributed by atoms with Crippen molar-refractivity contribution in [3.8, 4) is 5.75 Å². The van der Waals surface area contributed by atoms with Crippen LogP contribution in [-0.4, -0.2) is 22.9 Å². The number of aromatic nitrogens is 2. The van der Waals surface area contributed by atoms with Crippen molar-refractivity contribution in [2.24, 2.45) is 0 Å². The number of fused-ring (bicyclic) bond motifs is 1. The van der Waals surface area contributed by atoms with Gasteiger partial charge in [0.05, 0.1) is 7.11 Å². The first kappa shape index (κ1) is 14.1. The molecule has 0 radical (unpaired) electrons. The van der Waals surface area contributed by atoms with E-state index in [1.165, 1.54) is 0 Å². The van der Waals surface area contributed by atoms with Crippen molar-refractivity contribution < 1.29 is 9.53 Å². The van der Waals surface area contributed by atoms with Crippen LogP contribution in [0.5, 0.6) is 5.75 Å². The standard InChI is InChI=1S/C18H16N2O2/c1-12-15(5-6-18(21)13-7-9-19-10-8-13)16-4-3-14(22-2)11-17(16)20-12/h3-11,20H,1-2H3. The Kier molecular flexibility index (Phi) is 3.74. The normalized spacial score (nSPS) is 11.2. The fraction of sp³-hybridized carbons (Fsp3) is 0.111. The van der Waals surface area contributed by atoms with E-state index < -0.39 is 0 Å². The summed E-state index contributed by atoms with van der Waals surface area (Å²) in [6, 6.07) is 9.27. The number of ether oxygens (including phenoxy) is 1. The Balaban J connectivity index is 1.95. The highest BCUT2D eigenvalue weighted by Gasteiger charge is 2.08. The fourth-order valence-corrected chi connectivity index (χ4v) is 2.45. The van der Waals surface area contributed by atoms with Crippen LogP contribution in [0.25, 0.3) is 17.0 Å². The smallest absolute Gasteiger partial charge is 0.185 e. The molecule has 2 aromatic heterocycles. The number of ketones is 1. The minimum atomic E-state index is -0.0374. The lowest BCUT2D eigenvalue weighted by Gasteiger charge is -1.99. The summed E-state index contributed by atoms with van der Waals surface area (Å²) in [6.45, 7) is 1.99. The van der Waals surface area contributed by atoms with E-state index in [0.29, 0.717) is 5.56 Å². The number of carbonyl (C=O) groups is 1. The highest BCUT2D eigenvalue weighted by molar-refractivity contribution is 6.07. The lowest BCUT2D eigenvalue weighted by Crippen LogP contribution is -1.93. The van der Waals surface area contributed by atoms with E-state index in [9.17, 15) is 4.79 Å². The molecule has 0 amide bonds. The quantitative estimate of drug-likeness (QED) is 0.588. The van der Waals surface area contributed by atoms with E-state index in [1.54, 1.807) is 37.7 Å². The van der Waals surface area contributed by atoms with Crippen LogP contribution >= 0.6 is 0 Å². The minimum Gasteiger partial charge on any atom is -0.497 e. The number of H-pyrrole nitrogens is 1. The Hall–Kier alpha value is -2.88. The van der Waals surface area contributed by atoms with E-state index in [4.69, 9.17) is 4.74 Å². The van der Waals surface area contributed by atoms with Crippen molar-refractivity contribution in [2.45, 2.75) is 6.92 Å². The third-order valence-electron chi connectivity index (χ3n) is 3.61. The van der Waals surface area contributed by atoms with Crippen LogP contribution in [0.15, 0.2) is 48.8 Å². The number of hydrogen-bond acceptors (Lipinski definition) is 3. The summed E-state index contributed by atoms with van der Waals surface area (Å²) in [4.78, 5) is 19.4. The molecule has 0 atom stereocenters. The second kappa shape index (κ2) is 5.85. The molecule has 3 rings (SSSR count). The second-order valence-electron chi connectivity index (χ2n) is 5.01. The first-order valence-corrected chi connectivity index (χ1v) is 6.98.